The number of nitrogens with zero attached hydrogens (tertiary/aromatic N) is 1. The predicted molar refractivity (Wildman–Crippen MR) is 84.8 cm³/mol. The number of benzene rings is 1. The van der Waals surface area contributed by atoms with Crippen LogP contribution in [-0.4, -0.2) is 34.5 Å². The molecule has 2 heterocycles. The minimum atomic E-state index is -0.163. The molecule has 0 bridgehead atoms. The van der Waals surface area contributed by atoms with Crippen LogP contribution in [0.5, 0.6) is 0 Å². The van der Waals surface area contributed by atoms with Crippen molar-refractivity contribution in [2.75, 3.05) is 18.6 Å². The summed E-state index contributed by atoms with van der Waals surface area (Å²) >= 11 is 2.05. The van der Waals surface area contributed by atoms with Gasteiger partial charge >= 0.3 is 0 Å². The van der Waals surface area contributed by atoms with Gasteiger partial charge in [0.2, 0.25) is 0 Å². The molecule has 0 aliphatic carbocycles. The molecule has 1 N–H and O–H groups in total. The third-order valence-electron chi connectivity index (χ3n) is 4.35. The van der Waals surface area contributed by atoms with E-state index in [2.05, 4.69) is 35.6 Å². The van der Waals surface area contributed by atoms with Crippen molar-refractivity contribution in [1.82, 2.24) is 9.88 Å². The normalized spacial score (nSPS) is 17.2. The van der Waals surface area contributed by atoms with Gasteiger partial charge in [0, 0.05) is 29.2 Å². The van der Waals surface area contributed by atoms with Crippen LogP contribution in [0.1, 0.15) is 24.1 Å². The summed E-state index contributed by atoms with van der Waals surface area (Å²) in [5, 5.41) is 1.01. The van der Waals surface area contributed by atoms with Crippen LogP contribution in [-0.2, 0) is 6.54 Å². The van der Waals surface area contributed by atoms with Crippen LogP contribution < -0.4 is 0 Å². The molecular formula is C16H21FN2S. The summed E-state index contributed by atoms with van der Waals surface area (Å²) in [6.45, 7) is 3.00. The zero-order valence-electron chi connectivity index (χ0n) is 12.1. The van der Waals surface area contributed by atoms with Crippen molar-refractivity contribution in [3.8, 4) is 0 Å². The van der Waals surface area contributed by atoms with Gasteiger partial charge in [0.15, 0.2) is 0 Å². The predicted octanol–water partition coefficient (Wildman–Crippen LogP) is 3.94. The van der Waals surface area contributed by atoms with Gasteiger partial charge < -0.3 is 4.98 Å². The van der Waals surface area contributed by atoms with Crippen LogP contribution in [0.3, 0.4) is 0 Å². The number of rotatable bonds is 3. The van der Waals surface area contributed by atoms with Crippen LogP contribution in [0, 0.1) is 12.7 Å². The molecule has 1 saturated heterocycles. The Balaban J connectivity index is 1.81. The molecule has 1 aliphatic heterocycles. The highest BCUT2D eigenvalue weighted by atomic mass is 32.2. The van der Waals surface area contributed by atoms with Crippen molar-refractivity contribution in [2.24, 2.45) is 0 Å². The summed E-state index contributed by atoms with van der Waals surface area (Å²) in [4.78, 5) is 5.89. The number of aromatic amines is 1. The number of H-pyrrole nitrogens is 1. The standard InChI is InChI=1S/C16H21FN2S/c1-11-14-9-12(17)3-4-15(14)18-16(11)10-19(2)13-5-7-20-8-6-13/h3-4,9,13,18H,5-8,10H2,1-2H3. The minimum absolute atomic E-state index is 0.163. The highest BCUT2D eigenvalue weighted by molar-refractivity contribution is 7.99. The Labute approximate surface area is 123 Å². The van der Waals surface area contributed by atoms with Gasteiger partial charge in [0.1, 0.15) is 5.82 Å². The van der Waals surface area contributed by atoms with Gasteiger partial charge in [-0.25, -0.2) is 4.39 Å². The topological polar surface area (TPSA) is 19.0 Å². The average Bonchev–Trinajstić information content (AvgIpc) is 2.76. The number of fused-ring (bicyclic) bond motifs is 1. The molecule has 4 heteroatoms. The smallest absolute Gasteiger partial charge is 0.123 e. The van der Waals surface area contributed by atoms with E-state index in [4.69, 9.17) is 0 Å². The van der Waals surface area contributed by atoms with Gasteiger partial charge in [0.25, 0.3) is 0 Å². The fraction of sp³-hybridized carbons (Fsp3) is 0.500. The molecule has 1 fully saturated rings. The van der Waals surface area contributed by atoms with Gasteiger partial charge in [-0.15, -0.1) is 0 Å². The van der Waals surface area contributed by atoms with Gasteiger partial charge in [-0.3, -0.25) is 4.90 Å². The first kappa shape index (κ1) is 14.0. The Bertz CT molecular complexity index is 602. The van der Waals surface area contributed by atoms with E-state index in [-0.39, 0.29) is 5.82 Å². The molecule has 20 heavy (non-hydrogen) atoms. The lowest BCUT2D eigenvalue weighted by Crippen LogP contribution is -2.34. The highest BCUT2D eigenvalue weighted by Crippen LogP contribution is 2.26. The van der Waals surface area contributed by atoms with Crippen LogP contribution in [0.15, 0.2) is 18.2 Å². The minimum Gasteiger partial charge on any atom is -0.357 e. The summed E-state index contributed by atoms with van der Waals surface area (Å²) < 4.78 is 13.4. The zero-order chi connectivity index (χ0) is 14.1. The number of hydrogen-bond acceptors (Lipinski definition) is 2. The average molecular weight is 292 g/mol. The molecule has 1 aromatic carbocycles. The SMILES string of the molecule is Cc1c(CN(C)C2CCSCC2)[nH]c2ccc(F)cc12. The first-order valence-corrected chi connectivity index (χ1v) is 8.35. The zero-order valence-corrected chi connectivity index (χ0v) is 12.9. The molecular weight excluding hydrogens is 271 g/mol. The summed E-state index contributed by atoms with van der Waals surface area (Å²) in [7, 11) is 2.20. The Kier molecular flexibility index (Phi) is 4.03. The Hall–Kier alpha value is -1.00. The van der Waals surface area contributed by atoms with Gasteiger partial charge in [-0.2, -0.15) is 11.8 Å². The van der Waals surface area contributed by atoms with Gasteiger partial charge in [0.05, 0.1) is 0 Å². The first-order valence-electron chi connectivity index (χ1n) is 7.20. The summed E-state index contributed by atoms with van der Waals surface area (Å²) in [6, 6.07) is 5.66. The lowest BCUT2D eigenvalue weighted by molar-refractivity contribution is 0.219. The lowest BCUT2D eigenvalue weighted by Gasteiger charge is -2.30. The largest absolute Gasteiger partial charge is 0.357 e. The third kappa shape index (κ3) is 2.72. The maximum Gasteiger partial charge on any atom is 0.123 e. The Morgan fingerprint density at radius 1 is 1.35 bits per heavy atom. The third-order valence-corrected chi connectivity index (χ3v) is 5.39. The lowest BCUT2D eigenvalue weighted by atomic mass is 10.1. The molecule has 2 nitrogen and oxygen atoms in total. The molecule has 0 atom stereocenters. The van der Waals surface area contributed by atoms with Crippen LogP contribution in [0.4, 0.5) is 4.39 Å². The van der Waals surface area contributed by atoms with E-state index in [9.17, 15) is 4.39 Å². The second-order valence-corrected chi connectivity index (χ2v) is 6.90. The van der Waals surface area contributed by atoms with E-state index in [0.717, 1.165) is 17.4 Å². The number of halogens is 1. The van der Waals surface area contributed by atoms with E-state index in [1.54, 1.807) is 6.07 Å². The van der Waals surface area contributed by atoms with Crippen LogP contribution in [0.25, 0.3) is 10.9 Å². The highest BCUT2D eigenvalue weighted by Gasteiger charge is 2.19. The van der Waals surface area contributed by atoms with Crippen molar-refractivity contribution < 1.29 is 4.39 Å². The van der Waals surface area contributed by atoms with E-state index in [0.29, 0.717) is 6.04 Å². The monoisotopic (exact) mass is 292 g/mol. The van der Waals surface area contributed by atoms with Crippen molar-refractivity contribution in [1.29, 1.82) is 0 Å². The maximum atomic E-state index is 13.4. The Morgan fingerprint density at radius 3 is 2.85 bits per heavy atom. The molecule has 0 amide bonds. The molecule has 1 aromatic heterocycles. The molecule has 0 saturated carbocycles. The van der Waals surface area contributed by atoms with Gasteiger partial charge in [-0.05, 0) is 62.1 Å². The number of aryl methyl sites for hydroxylation is 1. The molecule has 0 spiro atoms. The van der Waals surface area contributed by atoms with Crippen molar-refractivity contribution in [2.45, 2.75) is 32.4 Å². The van der Waals surface area contributed by atoms with Crippen LogP contribution in [0.2, 0.25) is 0 Å². The fourth-order valence-electron chi connectivity index (χ4n) is 3.02. The first-order chi connectivity index (χ1) is 9.65. The second-order valence-electron chi connectivity index (χ2n) is 5.68. The second kappa shape index (κ2) is 5.78. The number of nitrogens with one attached hydrogen (secondary N) is 1. The molecule has 0 radical (unpaired) electrons. The molecule has 3 rings (SSSR count). The summed E-state index contributed by atoms with van der Waals surface area (Å²) in [5.41, 5.74) is 3.43. The summed E-state index contributed by atoms with van der Waals surface area (Å²) in [6.07, 6.45) is 2.55. The van der Waals surface area contributed by atoms with Crippen molar-refractivity contribution in [3.63, 3.8) is 0 Å². The summed E-state index contributed by atoms with van der Waals surface area (Å²) in [5.74, 6) is 2.38. The maximum absolute atomic E-state index is 13.4. The van der Waals surface area contributed by atoms with Crippen molar-refractivity contribution >= 4 is 22.7 Å². The van der Waals surface area contributed by atoms with Crippen molar-refractivity contribution in [3.05, 3.63) is 35.3 Å². The van der Waals surface area contributed by atoms with E-state index < -0.39 is 0 Å². The molecule has 108 valence electrons. The van der Waals surface area contributed by atoms with Crippen LogP contribution >= 0.6 is 11.8 Å². The molecule has 1 aliphatic rings. The number of aromatic nitrogens is 1. The number of hydrogen-bond donors (Lipinski definition) is 1. The van der Waals surface area contributed by atoms with E-state index in [1.165, 1.54) is 41.7 Å². The number of thioether (sulfide) groups is 1. The van der Waals surface area contributed by atoms with Gasteiger partial charge in [-0.1, -0.05) is 0 Å². The fourth-order valence-corrected chi connectivity index (χ4v) is 4.10. The Morgan fingerprint density at radius 2 is 2.10 bits per heavy atom. The molecule has 2 aromatic rings. The quantitative estimate of drug-likeness (QED) is 0.924. The molecule has 0 unspecified atom stereocenters. The van der Waals surface area contributed by atoms with E-state index >= 15 is 0 Å². The van der Waals surface area contributed by atoms with E-state index in [1.807, 2.05) is 6.07 Å².